The summed E-state index contributed by atoms with van der Waals surface area (Å²) in [6.07, 6.45) is 1.90. The van der Waals surface area contributed by atoms with Gasteiger partial charge in [-0.1, -0.05) is 12.1 Å². The van der Waals surface area contributed by atoms with Gasteiger partial charge in [0.25, 0.3) is 5.91 Å². The minimum Gasteiger partial charge on any atom is -0.348 e. The van der Waals surface area contributed by atoms with E-state index in [1.165, 1.54) is 24.3 Å². The van der Waals surface area contributed by atoms with E-state index in [4.69, 9.17) is 0 Å². The van der Waals surface area contributed by atoms with Crippen molar-refractivity contribution >= 4 is 28.2 Å². The summed E-state index contributed by atoms with van der Waals surface area (Å²) in [5.74, 6) is -4.38. The highest BCUT2D eigenvalue weighted by molar-refractivity contribution is 7.90. The van der Waals surface area contributed by atoms with E-state index in [1.807, 2.05) is 0 Å². The van der Waals surface area contributed by atoms with Gasteiger partial charge >= 0.3 is 5.76 Å². The van der Waals surface area contributed by atoms with Crippen LogP contribution in [-0.2, 0) is 15.6 Å². The average molecular weight is 369 g/mol. The molecular formula is C14H19ClF2N2O3S. The van der Waals surface area contributed by atoms with Gasteiger partial charge in [-0.3, -0.25) is 4.79 Å². The molecule has 130 valence electrons. The number of carbonyl (C=O) groups is 1. The third-order valence-electron chi connectivity index (χ3n) is 3.49. The number of benzene rings is 1. The van der Waals surface area contributed by atoms with Crippen LogP contribution >= 0.6 is 12.4 Å². The van der Waals surface area contributed by atoms with Crippen molar-refractivity contribution in [1.29, 1.82) is 0 Å². The van der Waals surface area contributed by atoms with Gasteiger partial charge in [-0.05, 0) is 37.1 Å². The molecule has 1 amide bonds. The molecule has 0 saturated carbocycles. The summed E-state index contributed by atoms with van der Waals surface area (Å²) >= 11 is 0. The smallest absolute Gasteiger partial charge is 0.337 e. The molecule has 0 spiro atoms. The molecule has 23 heavy (non-hydrogen) atoms. The number of halogens is 3. The first kappa shape index (κ1) is 19.8. The molecule has 2 N–H and O–H groups in total. The Kier molecular flexibility index (Phi) is 7.37. The highest BCUT2D eigenvalue weighted by atomic mass is 35.5. The van der Waals surface area contributed by atoms with Crippen molar-refractivity contribution in [2.24, 2.45) is 0 Å². The van der Waals surface area contributed by atoms with Crippen LogP contribution in [0.25, 0.3) is 0 Å². The van der Waals surface area contributed by atoms with E-state index in [0.717, 1.165) is 25.9 Å². The fourth-order valence-electron chi connectivity index (χ4n) is 2.29. The van der Waals surface area contributed by atoms with Crippen LogP contribution in [0.5, 0.6) is 0 Å². The molecule has 1 heterocycles. The van der Waals surface area contributed by atoms with Gasteiger partial charge in [0.1, 0.15) is 0 Å². The number of nitrogens with one attached hydrogen (secondary N) is 2. The Bertz CT molecular complexity index is 617. The number of piperidine rings is 1. The summed E-state index contributed by atoms with van der Waals surface area (Å²) in [4.78, 5) is 12.0. The van der Waals surface area contributed by atoms with Crippen molar-refractivity contribution in [2.75, 3.05) is 13.1 Å². The molecule has 1 aliphatic rings. The number of carbonyl (C=O) groups excluding carboxylic acids is 1. The molecule has 0 aromatic heterocycles. The van der Waals surface area contributed by atoms with Crippen LogP contribution in [0.4, 0.5) is 8.78 Å². The summed E-state index contributed by atoms with van der Waals surface area (Å²) < 4.78 is 46.9. The molecule has 5 nitrogen and oxygen atoms in total. The zero-order valence-corrected chi connectivity index (χ0v) is 13.9. The van der Waals surface area contributed by atoms with Crippen molar-refractivity contribution in [3.05, 3.63) is 35.4 Å². The molecule has 9 heteroatoms. The van der Waals surface area contributed by atoms with E-state index in [9.17, 15) is 22.0 Å². The van der Waals surface area contributed by atoms with Crippen LogP contribution in [0, 0.1) is 0 Å². The normalized spacial score (nSPS) is 18.3. The van der Waals surface area contributed by atoms with Crippen LogP contribution in [0.1, 0.15) is 28.8 Å². The summed E-state index contributed by atoms with van der Waals surface area (Å²) in [5, 5.41) is 6.07. The molecule has 1 aromatic carbocycles. The third-order valence-corrected chi connectivity index (χ3v) is 4.77. The van der Waals surface area contributed by atoms with Gasteiger partial charge in [-0.2, -0.15) is 8.78 Å². The van der Waals surface area contributed by atoms with Crippen LogP contribution in [0.3, 0.4) is 0 Å². The number of alkyl halides is 2. The molecule has 2 rings (SSSR count). The molecule has 0 radical (unpaired) electrons. The zero-order chi connectivity index (χ0) is 16.2. The van der Waals surface area contributed by atoms with Crippen molar-refractivity contribution in [3.63, 3.8) is 0 Å². The lowest BCUT2D eigenvalue weighted by Gasteiger charge is -2.23. The summed E-state index contributed by atoms with van der Waals surface area (Å²) in [6, 6.07) is 5.73. The molecule has 1 aromatic rings. The predicted octanol–water partition coefficient (Wildman–Crippen LogP) is 1.73. The summed E-state index contributed by atoms with van der Waals surface area (Å²) in [7, 11) is -4.45. The topological polar surface area (TPSA) is 75.3 Å². The maximum atomic E-state index is 12.3. The predicted molar refractivity (Wildman–Crippen MR) is 85.7 cm³/mol. The highest BCUT2D eigenvalue weighted by Gasteiger charge is 2.24. The molecular weight excluding hydrogens is 350 g/mol. The maximum Gasteiger partial charge on any atom is 0.337 e. The lowest BCUT2D eigenvalue weighted by Crippen LogP contribution is -2.45. The van der Waals surface area contributed by atoms with Gasteiger partial charge in [0.2, 0.25) is 9.84 Å². The van der Waals surface area contributed by atoms with Gasteiger partial charge in [0, 0.05) is 18.2 Å². The Hall–Kier alpha value is -1.25. The van der Waals surface area contributed by atoms with Gasteiger partial charge < -0.3 is 10.6 Å². The Morgan fingerprint density at radius 1 is 1.30 bits per heavy atom. The largest absolute Gasteiger partial charge is 0.348 e. The van der Waals surface area contributed by atoms with Crippen molar-refractivity contribution in [2.45, 2.75) is 30.4 Å². The van der Waals surface area contributed by atoms with E-state index >= 15 is 0 Å². The van der Waals surface area contributed by atoms with Gasteiger partial charge in [0.15, 0.2) is 0 Å². The molecule has 0 aliphatic carbocycles. The molecule has 1 unspecified atom stereocenters. The van der Waals surface area contributed by atoms with Gasteiger partial charge in [-0.15, -0.1) is 12.4 Å². The Morgan fingerprint density at radius 2 is 1.96 bits per heavy atom. The molecule has 0 bridgehead atoms. The van der Waals surface area contributed by atoms with Crippen molar-refractivity contribution < 1.29 is 22.0 Å². The monoisotopic (exact) mass is 368 g/mol. The zero-order valence-electron chi connectivity index (χ0n) is 12.3. The second-order valence-corrected chi connectivity index (χ2v) is 7.25. The van der Waals surface area contributed by atoms with Gasteiger partial charge in [-0.25, -0.2) is 8.42 Å². The number of amides is 1. The Labute approximate surface area is 140 Å². The molecule has 1 saturated heterocycles. The minimum atomic E-state index is -4.45. The number of sulfone groups is 1. The van der Waals surface area contributed by atoms with Crippen molar-refractivity contribution in [3.8, 4) is 0 Å². The third kappa shape index (κ3) is 5.71. The standard InChI is InChI=1S/C14H18F2N2O3S.ClH/c15-14(16)22(20,21)9-10-3-5-11(6-4-10)13(19)18-12-2-1-7-17-8-12;/h3-6,12,14,17H,1-2,7-9H2,(H,18,19);1H. The van der Waals surface area contributed by atoms with Crippen molar-refractivity contribution in [1.82, 2.24) is 10.6 Å². The van der Waals surface area contributed by atoms with E-state index in [0.29, 0.717) is 5.56 Å². The SMILES string of the molecule is Cl.O=C(NC1CCCNC1)c1ccc(CS(=O)(=O)C(F)F)cc1. The first-order chi connectivity index (χ1) is 10.4. The van der Waals surface area contributed by atoms with E-state index in [-0.39, 0.29) is 29.9 Å². The molecule has 1 aliphatic heterocycles. The van der Waals surface area contributed by atoms with Crippen LogP contribution in [0.15, 0.2) is 24.3 Å². The Morgan fingerprint density at radius 3 is 2.48 bits per heavy atom. The van der Waals surface area contributed by atoms with Gasteiger partial charge in [0.05, 0.1) is 5.75 Å². The van der Waals surface area contributed by atoms with E-state index in [2.05, 4.69) is 10.6 Å². The summed E-state index contributed by atoms with van der Waals surface area (Å²) in [5.41, 5.74) is 0.611. The minimum absolute atomic E-state index is 0. The summed E-state index contributed by atoms with van der Waals surface area (Å²) in [6.45, 7) is 1.66. The highest BCUT2D eigenvalue weighted by Crippen LogP contribution is 2.14. The fraction of sp³-hybridized carbons (Fsp3) is 0.500. The fourth-order valence-corrected chi connectivity index (χ4v) is 3.07. The number of rotatable bonds is 5. The van der Waals surface area contributed by atoms with Crippen LogP contribution in [-0.4, -0.2) is 39.2 Å². The quantitative estimate of drug-likeness (QED) is 0.830. The second-order valence-electron chi connectivity index (χ2n) is 5.28. The molecule has 1 fully saturated rings. The number of hydrogen-bond donors (Lipinski definition) is 2. The first-order valence-electron chi connectivity index (χ1n) is 6.99. The first-order valence-corrected chi connectivity index (χ1v) is 8.70. The van der Waals surface area contributed by atoms with E-state index in [1.54, 1.807) is 0 Å². The van der Waals surface area contributed by atoms with Crippen LogP contribution in [0.2, 0.25) is 0 Å². The molecule has 1 atom stereocenters. The van der Waals surface area contributed by atoms with Crippen LogP contribution < -0.4 is 10.6 Å². The lowest BCUT2D eigenvalue weighted by atomic mass is 10.1. The lowest BCUT2D eigenvalue weighted by molar-refractivity contribution is 0.0930. The maximum absolute atomic E-state index is 12.3. The van der Waals surface area contributed by atoms with E-state index < -0.39 is 21.3 Å². The average Bonchev–Trinajstić information content (AvgIpc) is 2.48. The number of hydrogen-bond acceptors (Lipinski definition) is 4. The second kappa shape index (κ2) is 8.56. The Balaban J connectivity index is 0.00000264.